The van der Waals surface area contributed by atoms with Crippen LogP contribution in [0.1, 0.15) is 19.8 Å². The van der Waals surface area contributed by atoms with Crippen LogP contribution in [0.2, 0.25) is 0 Å². The maximum Gasteiger partial charge on any atom is 0.325 e. The van der Waals surface area contributed by atoms with Crippen LogP contribution in [-0.4, -0.2) is 68.2 Å². The van der Waals surface area contributed by atoms with Crippen LogP contribution in [0.5, 0.6) is 0 Å². The summed E-state index contributed by atoms with van der Waals surface area (Å²) in [5.74, 6) is -0.396. The molecule has 1 heterocycles. The topological polar surface area (TPSA) is 61.9 Å². The van der Waals surface area contributed by atoms with Gasteiger partial charge in [-0.2, -0.15) is 0 Å². The van der Waals surface area contributed by atoms with Crippen molar-refractivity contribution in [3.05, 3.63) is 0 Å². The zero-order valence-electron chi connectivity index (χ0n) is 11.4. The second-order valence-electron chi connectivity index (χ2n) is 4.67. The molecule has 0 bridgehead atoms. The van der Waals surface area contributed by atoms with E-state index in [4.69, 9.17) is 4.74 Å². The van der Waals surface area contributed by atoms with Crippen molar-refractivity contribution in [3.8, 4) is 0 Å². The summed E-state index contributed by atoms with van der Waals surface area (Å²) < 4.78 is 4.76. The van der Waals surface area contributed by atoms with E-state index in [0.717, 1.165) is 19.4 Å². The maximum atomic E-state index is 11.9. The molecule has 1 saturated heterocycles. The molecule has 0 aromatic heterocycles. The van der Waals surface area contributed by atoms with Crippen molar-refractivity contribution in [1.82, 2.24) is 15.1 Å². The molecule has 1 N–H and O–H groups in total. The molecule has 6 heteroatoms. The molecule has 0 spiro atoms. The molecule has 0 saturated carbocycles. The Balaban J connectivity index is 2.35. The molecular formula is C12H23N3O3. The van der Waals surface area contributed by atoms with Crippen LogP contribution in [0.3, 0.4) is 0 Å². The number of ether oxygens (including phenoxy) is 1. The van der Waals surface area contributed by atoms with Gasteiger partial charge in [-0.3, -0.25) is 4.79 Å². The lowest BCUT2D eigenvalue weighted by molar-refractivity contribution is -0.141. The Morgan fingerprint density at radius 3 is 2.78 bits per heavy atom. The second kappa shape index (κ2) is 7.20. The molecule has 1 atom stereocenters. The number of hydrogen-bond donors (Lipinski definition) is 1. The molecule has 0 aliphatic carbocycles. The molecule has 1 unspecified atom stereocenters. The molecule has 104 valence electrons. The number of hydrogen-bond acceptors (Lipinski definition) is 4. The summed E-state index contributed by atoms with van der Waals surface area (Å²) in [6.45, 7) is 3.48. The Hall–Kier alpha value is -1.30. The van der Waals surface area contributed by atoms with Crippen LogP contribution >= 0.6 is 0 Å². The molecule has 0 aromatic rings. The van der Waals surface area contributed by atoms with Crippen LogP contribution in [0.15, 0.2) is 0 Å². The molecule has 1 fully saturated rings. The monoisotopic (exact) mass is 257 g/mol. The average molecular weight is 257 g/mol. The minimum Gasteiger partial charge on any atom is -0.465 e. The van der Waals surface area contributed by atoms with E-state index in [1.165, 1.54) is 0 Å². The third-order valence-corrected chi connectivity index (χ3v) is 3.10. The zero-order chi connectivity index (χ0) is 13.5. The summed E-state index contributed by atoms with van der Waals surface area (Å²) in [6, 6.07) is 0.210. The second-order valence-corrected chi connectivity index (χ2v) is 4.67. The highest BCUT2D eigenvalue weighted by Crippen LogP contribution is 2.13. The number of esters is 1. The van der Waals surface area contributed by atoms with Gasteiger partial charge in [0.15, 0.2) is 0 Å². The maximum absolute atomic E-state index is 11.9. The van der Waals surface area contributed by atoms with Crippen LogP contribution in [0, 0.1) is 0 Å². The van der Waals surface area contributed by atoms with Crippen LogP contribution in [0.25, 0.3) is 0 Å². The summed E-state index contributed by atoms with van der Waals surface area (Å²) in [6.07, 6.45) is 2.10. The number of carbonyl (C=O) groups excluding carboxylic acids is 2. The molecule has 0 radical (unpaired) electrons. The summed E-state index contributed by atoms with van der Waals surface area (Å²) in [5, 5.41) is 2.59. The summed E-state index contributed by atoms with van der Waals surface area (Å²) in [4.78, 5) is 26.9. The molecule has 2 amide bonds. The van der Waals surface area contributed by atoms with Gasteiger partial charge in [-0.05, 0) is 33.9 Å². The van der Waals surface area contributed by atoms with Gasteiger partial charge in [0.05, 0.1) is 6.61 Å². The Bertz CT molecular complexity index is 294. The Morgan fingerprint density at radius 2 is 2.17 bits per heavy atom. The van der Waals surface area contributed by atoms with Crippen LogP contribution < -0.4 is 5.32 Å². The van der Waals surface area contributed by atoms with Gasteiger partial charge >= 0.3 is 12.0 Å². The van der Waals surface area contributed by atoms with Gasteiger partial charge in [0, 0.05) is 19.1 Å². The average Bonchev–Trinajstić information content (AvgIpc) is 2.36. The zero-order valence-corrected chi connectivity index (χ0v) is 11.4. The van der Waals surface area contributed by atoms with Crippen LogP contribution in [-0.2, 0) is 9.53 Å². The smallest absolute Gasteiger partial charge is 0.325 e. The normalized spacial score (nSPS) is 19.8. The minimum absolute atomic E-state index is 0.0597. The van der Waals surface area contributed by atoms with Crippen molar-refractivity contribution in [2.75, 3.05) is 40.3 Å². The third kappa shape index (κ3) is 4.52. The van der Waals surface area contributed by atoms with Crippen molar-refractivity contribution in [1.29, 1.82) is 0 Å². The van der Waals surface area contributed by atoms with Gasteiger partial charge in [0.25, 0.3) is 0 Å². The summed E-state index contributed by atoms with van der Waals surface area (Å²) >= 11 is 0. The molecule has 1 aliphatic rings. The first-order valence-corrected chi connectivity index (χ1v) is 6.39. The molecule has 0 aromatic carbocycles. The van der Waals surface area contributed by atoms with E-state index in [-0.39, 0.29) is 12.6 Å². The number of nitrogens with zero attached hydrogens (tertiary/aromatic N) is 2. The fourth-order valence-electron chi connectivity index (χ4n) is 2.03. The van der Waals surface area contributed by atoms with E-state index < -0.39 is 5.97 Å². The first-order chi connectivity index (χ1) is 8.54. The predicted octanol–water partition coefficient (Wildman–Crippen LogP) is 0.285. The lowest BCUT2D eigenvalue weighted by atomic mass is 10.1. The van der Waals surface area contributed by atoms with Gasteiger partial charge in [-0.25, -0.2) is 4.79 Å². The molecular weight excluding hydrogens is 234 g/mol. The van der Waals surface area contributed by atoms with Crippen molar-refractivity contribution >= 4 is 12.0 Å². The number of carbonyl (C=O) groups is 2. The van der Waals surface area contributed by atoms with Gasteiger partial charge < -0.3 is 19.9 Å². The molecule has 18 heavy (non-hydrogen) atoms. The predicted molar refractivity (Wildman–Crippen MR) is 68.3 cm³/mol. The number of rotatable bonds is 4. The van der Waals surface area contributed by atoms with Gasteiger partial charge in [-0.15, -0.1) is 0 Å². The van der Waals surface area contributed by atoms with E-state index in [9.17, 15) is 9.59 Å². The summed E-state index contributed by atoms with van der Waals surface area (Å²) in [7, 11) is 4.04. The number of likely N-dealkylation sites (N-methyl/N-ethyl adjacent to an activating group) is 1. The van der Waals surface area contributed by atoms with Gasteiger partial charge in [0.1, 0.15) is 6.54 Å². The highest BCUT2D eigenvalue weighted by Gasteiger charge is 2.24. The quantitative estimate of drug-likeness (QED) is 0.735. The first kappa shape index (κ1) is 14.8. The number of nitrogens with one attached hydrogen (secondary N) is 1. The van der Waals surface area contributed by atoms with Crippen LogP contribution in [0.4, 0.5) is 4.79 Å². The standard InChI is InChI=1S/C12H23N3O3/c1-4-18-11(16)8-13-12(17)15-7-5-6-10(9-15)14(2)3/h10H,4-9H2,1-3H3,(H,13,17). The van der Waals surface area contributed by atoms with E-state index in [1.54, 1.807) is 11.8 Å². The van der Waals surface area contributed by atoms with Gasteiger partial charge in [0.2, 0.25) is 0 Å². The highest BCUT2D eigenvalue weighted by atomic mass is 16.5. The van der Waals surface area contributed by atoms with E-state index in [2.05, 4.69) is 10.2 Å². The highest BCUT2D eigenvalue weighted by molar-refractivity contribution is 5.80. The summed E-state index contributed by atoms with van der Waals surface area (Å²) in [5.41, 5.74) is 0. The third-order valence-electron chi connectivity index (χ3n) is 3.10. The number of likely N-dealkylation sites (tertiary alicyclic amines) is 1. The van der Waals surface area contributed by atoms with Crippen molar-refractivity contribution in [2.45, 2.75) is 25.8 Å². The Kier molecular flexibility index (Phi) is 5.91. The fraction of sp³-hybridized carbons (Fsp3) is 0.833. The van der Waals surface area contributed by atoms with E-state index in [1.807, 2.05) is 14.1 Å². The minimum atomic E-state index is -0.396. The largest absolute Gasteiger partial charge is 0.465 e. The Labute approximate surface area is 108 Å². The number of amides is 2. The fourth-order valence-corrected chi connectivity index (χ4v) is 2.03. The molecule has 1 rings (SSSR count). The number of piperidine rings is 1. The van der Waals surface area contributed by atoms with Crippen molar-refractivity contribution < 1.29 is 14.3 Å². The van der Waals surface area contributed by atoms with Crippen molar-refractivity contribution in [3.63, 3.8) is 0 Å². The van der Waals surface area contributed by atoms with Gasteiger partial charge in [-0.1, -0.05) is 0 Å². The first-order valence-electron chi connectivity index (χ1n) is 6.39. The van der Waals surface area contributed by atoms with Crippen molar-refractivity contribution in [2.24, 2.45) is 0 Å². The number of urea groups is 1. The molecule has 1 aliphatic heterocycles. The van der Waals surface area contributed by atoms with E-state index in [0.29, 0.717) is 19.2 Å². The molecule has 6 nitrogen and oxygen atoms in total. The SMILES string of the molecule is CCOC(=O)CNC(=O)N1CCCC(N(C)C)C1. The lowest BCUT2D eigenvalue weighted by Gasteiger charge is -2.35. The van der Waals surface area contributed by atoms with E-state index >= 15 is 0 Å². The Morgan fingerprint density at radius 1 is 1.44 bits per heavy atom. The lowest BCUT2D eigenvalue weighted by Crippen LogP contribution is -2.51.